The lowest BCUT2D eigenvalue weighted by Gasteiger charge is -2.34. The predicted molar refractivity (Wildman–Crippen MR) is 158 cm³/mol. The summed E-state index contributed by atoms with van der Waals surface area (Å²) in [6.45, 7) is 6.49. The smallest absolute Gasteiger partial charge is 0.319 e. The van der Waals surface area contributed by atoms with E-state index in [0.717, 1.165) is 44.3 Å². The fraction of sp³-hybridized carbons (Fsp3) is 0.594. The van der Waals surface area contributed by atoms with Crippen molar-refractivity contribution in [2.45, 2.75) is 88.9 Å². The molecular formula is C32H41FN6O2. The molecule has 9 heteroatoms. The molecule has 4 aliphatic rings. The van der Waals surface area contributed by atoms with Crippen molar-refractivity contribution in [2.24, 2.45) is 0 Å². The maximum atomic E-state index is 16.7. The minimum atomic E-state index is -2.05. The molecule has 2 N–H and O–H groups in total. The summed E-state index contributed by atoms with van der Waals surface area (Å²) in [7, 11) is 0. The van der Waals surface area contributed by atoms with Gasteiger partial charge in [-0.3, -0.25) is 9.88 Å². The number of halogens is 1. The van der Waals surface area contributed by atoms with Crippen LogP contribution in [-0.4, -0.2) is 75.3 Å². The third-order valence-electron chi connectivity index (χ3n) is 9.59. The highest BCUT2D eigenvalue weighted by Gasteiger charge is 2.45. The summed E-state index contributed by atoms with van der Waals surface area (Å²) in [6, 6.07) is 6.06. The summed E-state index contributed by atoms with van der Waals surface area (Å²) in [5, 5.41) is 14.8. The number of nitrogens with zero attached hydrogens (tertiary/aromatic N) is 5. The Morgan fingerprint density at radius 1 is 1.17 bits per heavy atom. The van der Waals surface area contributed by atoms with Crippen LogP contribution < -0.4 is 15.0 Å². The Labute approximate surface area is 244 Å². The van der Waals surface area contributed by atoms with Gasteiger partial charge in [0.05, 0.1) is 19.3 Å². The van der Waals surface area contributed by atoms with E-state index in [1.807, 2.05) is 19.1 Å². The number of piperazine rings is 1. The molecule has 218 valence electrons. The topological polar surface area (TPSA) is 86.6 Å². The van der Waals surface area contributed by atoms with E-state index in [0.29, 0.717) is 66.8 Å². The zero-order valence-electron chi connectivity index (χ0n) is 26.2. The minimum Gasteiger partial charge on any atom is -0.461 e. The number of rotatable bonds is 7. The van der Waals surface area contributed by atoms with Crippen LogP contribution in [0.4, 0.5) is 10.2 Å². The molecule has 6 heterocycles. The van der Waals surface area contributed by atoms with Crippen molar-refractivity contribution >= 4 is 16.7 Å². The lowest BCUT2D eigenvalue weighted by Crippen LogP contribution is -2.51. The third-order valence-corrected chi connectivity index (χ3v) is 9.59. The molecule has 7 rings (SSSR count). The van der Waals surface area contributed by atoms with E-state index >= 15 is 4.39 Å². The molecule has 2 aromatic heterocycles. The van der Waals surface area contributed by atoms with Gasteiger partial charge < -0.3 is 20.1 Å². The molecule has 0 aliphatic carbocycles. The average molecular weight is 563 g/mol. The number of nitrogens with one attached hydrogen (secondary N) is 1. The van der Waals surface area contributed by atoms with Gasteiger partial charge >= 0.3 is 6.01 Å². The van der Waals surface area contributed by atoms with Crippen LogP contribution in [-0.2, 0) is 12.0 Å². The van der Waals surface area contributed by atoms with Crippen LogP contribution >= 0.6 is 0 Å². The largest absolute Gasteiger partial charge is 0.461 e. The van der Waals surface area contributed by atoms with E-state index in [2.05, 4.69) is 25.1 Å². The standard InChI is InChI=1S/C32H41FN6O2/c1-4-20-7-8-21(31(2,3)40)15-24(20)27-26(33)28-25(16-34-27)29(38-17-22-9-10-23(18-38)35-22)37-30(36-28)41-19-32-11-5-13-39(32)14-6-12-32/h7-8,15-16,22-23,35,40H,4-6,9-14,17-19H2,1-3H3/t22-,23+/i19D2. The average Bonchev–Trinajstić information content (AvgIpc) is 3.67. The van der Waals surface area contributed by atoms with Gasteiger partial charge in [0.1, 0.15) is 23.6 Å². The van der Waals surface area contributed by atoms with Gasteiger partial charge in [0.25, 0.3) is 0 Å². The number of pyridine rings is 1. The molecule has 8 nitrogen and oxygen atoms in total. The van der Waals surface area contributed by atoms with Crippen LogP contribution in [0.1, 0.15) is 73.2 Å². The van der Waals surface area contributed by atoms with Gasteiger partial charge in [-0.2, -0.15) is 9.97 Å². The first-order valence-electron chi connectivity index (χ1n) is 16.2. The molecule has 2 bridgehead atoms. The Balaban J connectivity index is 1.37. The van der Waals surface area contributed by atoms with Gasteiger partial charge in [-0.25, -0.2) is 4.39 Å². The number of hydrogen-bond acceptors (Lipinski definition) is 8. The van der Waals surface area contributed by atoms with Gasteiger partial charge in [-0.1, -0.05) is 19.1 Å². The zero-order chi connectivity index (χ0) is 30.1. The highest BCUT2D eigenvalue weighted by Crippen LogP contribution is 2.40. The molecule has 2 atom stereocenters. The number of fused-ring (bicyclic) bond motifs is 4. The monoisotopic (exact) mass is 562 g/mol. The first-order chi connectivity index (χ1) is 20.5. The van der Waals surface area contributed by atoms with Gasteiger partial charge in [-0.15, -0.1) is 0 Å². The molecule has 1 aromatic carbocycles. The number of anilines is 1. The number of aliphatic hydroxyl groups is 1. The van der Waals surface area contributed by atoms with Crippen molar-refractivity contribution in [3.05, 3.63) is 41.3 Å². The molecule has 4 fully saturated rings. The second kappa shape index (κ2) is 10.1. The lowest BCUT2D eigenvalue weighted by molar-refractivity contribution is 0.0786. The Morgan fingerprint density at radius 3 is 2.59 bits per heavy atom. The van der Waals surface area contributed by atoms with Crippen LogP contribution in [0.5, 0.6) is 6.01 Å². The van der Waals surface area contributed by atoms with E-state index in [9.17, 15) is 5.11 Å². The molecule has 0 radical (unpaired) electrons. The number of aryl methyl sites for hydroxylation is 1. The molecule has 0 unspecified atom stereocenters. The molecule has 0 saturated carbocycles. The van der Waals surface area contributed by atoms with Gasteiger partial charge in [-0.05, 0) is 89.1 Å². The van der Waals surface area contributed by atoms with Crippen LogP contribution in [0.3, 0.4) is 0 Å². The maximum absolute atomic E-state index is 16.7. The third kappa shape index (κ3) is 4.76. The van der Waals surface area contributed by atoms with Crippen molar-refractivity contribution in [1.29, 1.82) is 0 Å². The Hall–Kier alpha value is -2.88. The van der Waals surface area contributed by atoms with E-state index < -0.39 is 23.5 Å². The lowest BCUT2D eigenvalue weighted by atomic mass is 9.91. The Bertz CT molecular complexity index is 1540. The van der Waals surface area contributed by atoms with E-state index in [4.69, 9.17) is 12.5 Å². The number of ether oxygens (including phenoxy) is 1. The van der Waals surface area contributed by atoms with Gasteiger partial charge in [0.2, 0.25) is 0 Å². The van der Waals surface area contributed by atoms with Crippen LogP contribution in [0.25, 0.3) is 22.2 Å². The predicted octanol–water partition coefficient (Wildman–Crippen LogP) is 4.57. The van der Waals surface area contributed by atoms with Crippen LogP contribution in [0.2, 0.25) is 0 Å². The minimum absolute atomic E-state index is 0.0644. The molecule has 0 amide bonds. The van der Waals surface area contributed by atoms with Gasteiger partial charge in [0.15, 0.2) is 5.82 Å². The van der Waals surface area contributed by atoms with Crippen molar-refractivity contribution in [3.8, 4) is 17.3 Å². The zero-order valence-corrected chi connectivity index (χ0v) is 24.2. The second-order valence-electron chi connectivity index (χ2n) is 12.8. The van der Waals surface area contributed by atoms with Crippen molar-refractivity contribution < 1.29 is 17.0 Å². The first kappa shape index (κ1) is 24.7. The van der Waals surface area contributed by atoms with E-state index in [1.54, 1.807) is 26.1 Å². The summed E-state index contributed by atoms with van der Waals surface area (Å²) in [4.78, 5) is 18.3. The first-order valence-corrected chi connectivity index (χ1v) is 15.2. The van der Waals surface area contributed by atoms with Crippen molar-refractivity contribution in [1.82, 2.24) is 25.2 Å². The highest BCUT2D eigenvalue weighted by molar-refractivity contribution is 5.92. The Morgan fingerprint density at radius 2 is 1.90 bits per heavy atom. The molecule has 3 aromatic rings. The quantitative estimate of drug-likeness (QED) is 0.433. The number of aromatic nitrogens is 3. The Kier molecular flexibility index (Phi) is 6.11. The van der Waals surface area contributed by atoms with E-state index in [-0.39, 0.29) is 17.2 Å². The second-order valence-corrected chi connectivity index (χ2v) is 12.8. The van der Waals surface area contributed by atoms with Gasteiger partial charge in [0, 0.05) is 36.9 Å². The summed E-state index contributed by atoms with van der Waals surface area (Å²) >= 11 is 0. The fourth-order valence-corrected chi connectivity index (χ4v) is 7.36. The molecule has 0 spiro atoms. The molecule has 41 heavy (non-hydrogen) atoms. The fourth-order valence-electron chi connectivity index (χ4n) is 7.36. The van der Waals surface area contributed by atoms with Crippen LogP contribution in [0.15, 0.2) is 24.4 Å². The number of benzene rings is 1. The molecule has 4 saturated heterocycles. The summed E-state index contributed by atoms with van der Waals surface area (Å²) in [5.74, 6) is -0.0749. The van der Waals surface area contributed by atoms with Crippen LogP contribution in [0, 0.1) is 5.82 Å². The molecular weight excluding hydrogens is 519 g/mol. The summed E-state index contributed by atoms with van der Waals surface area (Å²) in [6.07, 6.45) is 7.70. The summed E-state index contributed by atoms with van der Waals surface area (Å²) < 4.78 is 41.1. The normalized spacial score (nSPS) is 25.0. The molecule has 4 aliphatic heterocycles. The summed E-state index contributed by atoms with van der Waals surface area (Å²) in [5.41, 5.74) is 0.545. The van der Waals surface area contributed by atoms with E-state index in [1.165, 1.54) is 0 Å². The SMILES string of the molecule is [2H]C([2H])(Oc1nc(N2C[C@H]3CC[C@@H](C2)N3)c2cnc(-c3cc(C(C)(C)O)ccc3CC)c(F)c2n1)C12CCCN1CCC2. The number of hydrogen-bond donors (Lipinski definition) is 2. The maximum Gasteiger partial charge on any atom is 0.319 e. The van der Waals surface area contributed by atoms with Crippen molar-refractivity contribution in [2.75, 3.05) is 37.6 Å². The highest BCUT2D eigenvalue weighted by atomic mass is 19.1. The van der Waals surface area contributed by atoms with Crippen molar-refractivity contribution in [3.63, 3.8) is 0 Å².